The first-order chi connectivity index (χ1) is 10.1. The normalized spacial score (nSPS) is 17.8. The molecule has 0 saturated carbocycles. The van der Waals surface area contributed by atoms with Crippen molar-refractivity contribution in [1.82, 2.24) is 0 Å². The zero-order valence-corrected chi connectivity index (χ0v) is 11.4. The van der Waals surface area contributed by atoms with Gasteiger partial charge in [0.1, 0.15) is 17.4 Å². The summed E-state index contributed by atoms with van der Waals surface area (Å²) in [6.07, 6.45) is 0.776. The van der Waals surface area contributed by atoms with Crippen LogP contribution in [0.15, 0.2) is 29.8 Å². The Bertz CT molecular complexity index is 612. The van der Waals surface area contributed by atoms with E-state index in [1.807, 2.05) is 0 Å². The average molecular weight is 287 g/mol. The number of carbonyl (C=O) groups excluding carboxylic acids is 2. The molecule has 1 aliphatic heterocycles. The Hall–Kier alpha value is -2.81. The van der Waals surface area contributed by atoms with Gasteiger partial charge in [-0.15, -0.1) is 0 Å². The molecule has 0 aromatic heterocycles. The molecule has 1 aromatic rings. The van der Waals surface area contributed by atoms with Gasteiger partial charge in [-0.05, 0) is 23.8 Å². The number of benzene rings is 1. The number of hydrogen-bond donors (Lipinski definition) is 0. The predicted octanol–water partition coefficient (Wildman–Crippen LogP) is 1.46. The SMILES string of the molecule is COc1ccc(/C=C(\C#N)C(=O)OC2CCOC2=O)cc1. The fourth-order valence-electron chi connectivity index (χ4n) is 1.78. The molecule has 6 nitrogen and oxygen atoms in total. The predicted molar refractivity (Wildman–Crippen MR) is 72.0 cm³/mol. The zero-order valence-electron chi connectivity index (χ0n) is 11.4. The van der Waals surface area contributed by atoms with Crippen LogP contribution in [0.4, 0.5) is 0 Å². The number of hydrogen-bond acceptors (Lipinski definition) is 6. The maximum absolute atomic E-state index is 11.9. The molecular formula is C15H13NO5. The van der Waals surface area contributed by atoms with E-state index in [1.54, 1.807) is 37.4 Å². The van der Waals surface area contributed by atoms with E-state index in [-0.39, 0.29) is 12.2 Å². The molecule has 1 heterocycles. The molecule has 108 valence electrons. The highest BCUT2D eigenvalue weighted by molar-refractivity contribution is 5.99. The number of cyclic esters (lactones) is 1. The van der Waals surface area contributed by atoms with E-state index < -0.39 is 18.0 Å². The largest absolute Gasteiger partial charge is 0.497 e. The van der Waals surface area contributed by atoms with E-state index in [4.69, 9.17) is 19.5 Å². The molecule has 21 heavy (non-hydrogen) atoms. The number of nitriles is 1. The van der Waals surface area contributed by atoms with E-state index in [2.05, 4.69) is 0 Å². The average Bonchev–Trinajstić information content (AvgIpc) is 2.90. The minimum atomic E-state index is -0.926. The van der Waals surface area contributed by atoms with Crippen molar-refractivity contribution in [2.45, 2.75) is 12.5 Å². The van der Waals surface area contributed by atoms with Gasteiger partial charge < -0.3 is 14.2 Å². The Morgan fingerprint density at radius 2 is 2.14 bits per heavy atom. The maximum Gasteiger partial charge on any atom is 0.349 e. The summed E-state index contributed by atoms with van der Waals surface area (Å²) in [7, 11) is 1.55. The highest BCUT2D eigenvalue weighted by Gasteiger charge is 2.31. The lowest BCUT2D eigenvalue weighted by Gasteiger charge is -2.07. The Morgan fingerprint density at radius 1 is 1.43 bits per heavy atom. The van der Waals surface area contributed by atoms with Gasteiger partial charge in [-0.2, -0.15) is 5.26 Å². The van der Waals surface area contributed by atoms with Crippen LogP contribution in [0.3, 0.4) is 0 Å². The summed E-state index contributed by atoms with van der Waals surface area (Å²) < 4.78 is 14.7. The number of rotatable bonds is 4. The van der Waals surface area contributed by atoms with Crippen LogP contribution >= 0.6 is 0 Å². The molecule has 0 bridgehead atoms. The first-order valence-electron chi connectivity index (χ1n) is 6.27. The lowest BCUT2D eigenvalue weighted by Crippen LogP contribution is -2.23. The molecule has 1 fully saturated rings. The summed E-state index contributed by atoms with van der Waals surface area (Å²) in [5.74, 6) is -0.746. The lowest BCUT2D eigenvalue weighted by atomic mass is 10.1. The molecule has 1 atom stereocenters. The van der Waals surface area contributed by atoms with Crippen molar-refractivity contribution in [3.63, 3.8) is 0 Å². The summed E-state index contributed by atoms with van der Waals surface area (Å²) in [5, 5.41) is 9.04. The lowest BCUT2D eigenvalue weighted by molar-refractivity contribution is -0.157. The Morgan fingerprint density at radius 3 is 2.67 bits per heavy atom. The number of nitrogens with zero attached hydrogens (tertiary/aromatic N) is 1. The van der Waals surface area contributed by atoms with Crippen molar-refractivity contribution in [2.75, 3.05) is 13.7 Å². The summed E-state index contributed by atoms with van der Waals surface area (Å²) in [6, 6.07) is 8.59. The molecular weight excluding hydrogens is 274 g/mol. The van der Waals surface area contributed by atoms with Crippen molar-refractivity contribution in [3.8, 4) is 11.8 Å². The van der Waals surface area contributed by atoms with Gasteiger partial charge in [0.05, 0.1) is 13.7 Å². The van der Waals surface area contributed by atoms with Crippen molar-refractivity contribution >= 4 is 18.0 Å². The third-order valence-electron chi connectivity index (χ3n) is 2.90. The van der Waals surface area contributed by atoms with Crippen LogP contribution in [0.2, 0.25) is 0 Å². The Labute approximate surface area is 121 Å². The summed E-state index contributed by atoms with van der Waals surface area (Å²) in [4.78, 5) is 23.1. The van der Waals surface area contributed by atoms with Crippen LogP contribution in [0.25, 0.3) is 6.08 Å². The standard InChI is InChI=1S/C15H13NO5/c1-19-12-4-2-10(3-5-12)8-11(9-16)14(17)21-13-6-7-20-15(13)18/h2-5,8,13H,6-7H2,1H3/b11-8+. The summed E-state index contributed by atoms with van der Waals surface area (Å²) in [6.45, 7) is 0.223. The molecule has 0 radical (unpaired) electrons. The summed E-state index contributed by atoms with van der Waals surface area (Å²) in [5.41, 5.74) is 0.471. The number of esters is 2. The second-order valence-electron chi connectivity index (χ2n) is 4.29. The van der Waals surface area contributed by atoms with Gasteiger partial charge in [-0.25, -0.2) is 9.59 Å². The van der Waals surface area contributed by atoms with Crippen molar-refractivity contribution in [1.29, 1.82) is 5.26 Å². The Kier molecular flexibility index (Phi) is 4.57. The zero-order chi connectivity index (χ0) is 15.2. The van der Waals surface area contributed by atoms with E-state index >= 15 is 0 Å². The van der Waals surface area contributed by atoms with Crippen LogP contribution in [-0.4, -0.2) is 31.8 Å². The smallest absolute Gasteiger partial charge is 0.349 e. The third-order valence-corrected chi connectivity index (χ3v) is 2.90. The topological polar surface area (TPSA) is 85.6 Å². The van der Waals surface area contributed by atoms with Gasteiger partial charge in [0.2, 0.25) is 6.10 Å². The van der Waals surface area contributed by atoms with Crippen molar-refractivity contribution < 1.29 is 23.8 Å². The van der Waals surface area contributed by atoms with Crippen LogP contribution in [0, 0.1) is 11.3 Å². The van der Waals surface area contributed by atoms with Gasteiger partial charge in [0.15, 0.2) is 0 Å². The Balaban J connectivity index is 2.10. The van der Waals surface area contributed by atoms with Gasteiger partial charge >= 0.3 is 11.9 Å². The second-order valence-corrected chi connectivity index (χ2v) is 4.29. The molecule has 1 aromatic carbocycles. The number of methoxy groups -OCH3 is 1. The fourth-order valence-corrected chi connectivity index (χ4v) is 1.78. The first-order valence-corrected chi connectivity index (χ1v) is 6.27. The molecule has 1 saturated heterocycles. The van der Waals surface area contributed by atoms with Crippen LogP contribution in [0.1, 0.15) is 12.0 Å². The summed E-state index contributed by atoms with van der Waals surface area (Å²) >= 11 is 0. The van der Waals surface area contributed by atoms with E-state index in [0.29, 0.717) is 17.7 Å². The van der Waals surface area contributed by atoms with E-state index in [0.717, 1.165) is 0 Å². The molecule has 0 aliphatic carbocycles. The molecule has 0 spiro atoms. The first kappa shape index (κ1) is 14.6. The maximum atomic E-state index is 11.9. The van der Waals surface area contributed by atoms with Gasteiger partial charge in [0.25, 0.3) is 0 Å². The molecule has 0 N–H and O–H groups in total. The van der Waals surface area contributed by atoms with Crippen molar-refractivity contribution in [2.24, 2.45) is 0 Å². The van der Waals surface area contributed by atoms with Gasteiger partial charge in [-0.1, -0.05) is 12.1 Å². The quantitative estimate of drug-likeness (QED) is 0.473. The van der Waals surface area contributed by atoms with E-state index in [9.17, 15) is 9.59 Å². The molecule has 6 heteroatoms. The van der Waals surface area contributed by atoms with Gasteiger partial charge in [0, 0.05) is 6.42 Å². The molecule has 1 aliphatic rings. The second kappa shape index (κ2) is 6.57. The van der Waals surface area contributed by atoms with Gasteiger partial charge in [-0.3, -0.25) is 0 Å². The molecule has 2 rings (SSSR count). The highest BCUT2D eigenvalue weighted by Crippen LogP contribution is 2.16. The molecule has 1 unspecified atom stereocenters. The highest BCUT2D eigenvalue weighted by atomic mass is 16.6. The number of ether oxygens (including phenoxy) is 3. The minimum Gasteiger partial charge on any atom is -0.497 e. The van der Waals surface area contributed by atoms with Crippen LogP contribution in [-0.2, 0) is 19.1 Å². The minimum absolute atomic E-state index is 0.181. The van der Waals surface area contributed by atoms with Crippen LogP contribution < -0.4 is 4.74 Å². The van der Waals surface area contributed by atoms with E-state index in [1.165, 1.54) is 6.08 Å². The fraction of sp³-hybridized carbons (Fsp3) is 0.267. The monoisotopic (exact) mass is 287 g/mol. The third kappa shape index (κ3) is 3.60. The van der Waals surface area contributed by atoms with Crippen LogP contribution in [0.5, 0.6) is 5.75 Å². The number of carbonyl (C=O) groups is 2. The van der Waals surface area contributed by atoms with Crippen molar-refractivity contribution in [3.05, 3.63) is 35.4 Å². The molecule has 0 amide bonds.